The summed E-state index contributed by atoms with van der Waals surface area (Å²) in [5.41, 5.74) is 2.23. The van der Waals surface area contributed by atoms with E-state index in [4.69, 9.17) is 5.11 Å². The maximum absolute atomic E-state index is 9.05. The van der Waals surface area contributed by atoms with Gasteiger partial charge in [0.2, 0.25) is 0 Å². The van der Waals surface area contributed by atoms with Gasteiger partial charge in [0.15, 0.2) is 0 Å². The molecule has 1 heterocycles. The highest BCUT2D eigenvalue weighted by Gasteiger charge is 2.09. The maximum Gasteiger partial charge on any atom is 0.123 e. The van der Waals surface area contributed by atoms with E-state index in [9.17, 15) is 0 Å². The number of nitrogens with zero attached hydrogens (tertiary/aromatic N) is 1. The van der Waals surface area contributed by atoms with E-state index in [1.807, 2.05) is 18.2 Å². The van der Waals surface area contributed by atoms with Crippen LogP contribution in [0.3, 0.4) is 0 Å². The number of aliphatic hydroxyl groups is 1. The Kier molecular flexibility index (Phi) is 6.53. The van der Waals surface area contributed by atoms with Crippen LogP contribution < -0.4 is 5.32 Å². The summed E-state index contributed by atoms with van der Waals surface area (Å²) in [6.07, 6.45) is 2.87. The van der Waals surface area contributed by atoms with Crippen molar-refractivity contribution in [3.05, 3.63) is 41.4 Å². The Morgan fingerprint density at radius 1 is 1.35 bits per heavy atom. The Bertz CT molecular complexity index is 496. The van der Waals surface area contributed by atoms with Gasteiger partial charge in [-0.2, -0.15) is 11.8 Å². The van der Waals surface area contributed by atoms with Crippen molar-refractivity contribution in [1.82, 2.24) is 10.3 Å². The molecule has 1 aromatic heterocycles. The molecule has 20 heavy (non-hydrogen) atoms. The van der Waals surface area contributed by atoms with E-state index < -0.39 is 0 Å². The van der Waals surface area contributed by atoms with Crippen LogP contribution in [0.5, 0.6) is 0 Å². The molecule has 108 valence electrons. The van der Waals surface area contributed by atoms with Gasteiger partial charge in [0.1, 0.15) is 5.01 Å². The fraction of sp³-hybridized carbons (Fsp3) is 0.400. The fourth-order valence-corrected chi connectivity index (χ4v) is 3.46. The van der Waals surface area contributed by atoms with Crippen LogP contribution in [-0.4, -0.2) is 34.7 Å². The van der Waals surface area contributed by atoms with E-state index >= 15 is 0 Å². The van der Waals surface area contributed by atoms with E-state index in [1.54, 1.807) is 23.1 Å². The van der Waals surface area contributed by atoms with Gasteiger partial charge in [-0.1, -0.05) is 30.3 Å². The average Bonchev–Trinajstić information content (AvgIpc) is 2.95. The molecule has 1 aromatic carbocycles. The van der Waals surface area contributed by atoms with E-state index in [1.165, 1.54) is 5.56 Å². The van der Waals surface area contributed by atoms with Crippen molar-refractivity contribution in [1.29, 1.82) is 0 Å². The van der Waals surface area contributed by atoms with E-state index in [0.29, 0.717) is 6.04 Å². The van der Waals surface area contributed by atoms with Crippen LogP contribution in [0.15, 0.2) is 35.7 Å². The average molecular weight is 308 g/mol. The van der Waals surface area contributed by atoms with Crippen LogP contribution in [-0.2, 0) is 6.54 Å². The van der Waals surface area contributed by atoms with Crippen LogP contribution in [0.2, 0.25) is 0 Å². The molecule has 1 unspecified atom stereocenters. The highest BCUT2D eigenvalue weighted by Crippen LogP contribution is 2.23. The molecule has 0 radical (unpaired) electrons. The molecule has 0 bridgehead atoms. The number of thiazole rings is 1. The molecular weight excluding hydrogens is 288 g/mol. The zero-order valence-corrected chi connectivity index (χ0v) is 13.2. The first-order chi connectivity index (χ1) is 9.83. The number of thioether (sulfide) groups is 1. The minimum absolute atomic E-state index is 0.227. The zero-order chi connectivity index (χ0) is 14.2. The summed E-state index contributed by atoms with van der Waals surface area (Å²) < 4.78 is 0. The van der Waals surface area contributed by atoms with Gasteiger partial charge < -0.3 is 10.4 Å². The van der Waals surface area contributed by atoms with Crippen LogP contribution in [0.4, 0.5) is 0 Å². The van der Waals surface area contributed by atoms with Crippen molar-refractivity contribution in [2.24, 2.45) is 0 Å². The normalized spacial score (nSPS) is 12.5. The predicted octanol–water partition coefficient (Wildman–Crippen LogP) is 3.01. The summed E-state index contributed by atoms with van der Waals surface area (Å²) in [4.78, 5) is 4.66. The Morgan fingerprint density at radius 2 is 2.15 bits per heavy atom. The van der Waals surface area contributed by atoms with Gasteiger partial charge in [0, 0.05) is 35.9 Å². The first kappa shape index (κ1) is 15.5. The number of rotatable bonds is 8. The highest BCUT2D eigenvalue weighted by molar-refractivity contribution is 7.98. The molecule has 3 nitrogen and oxygen atoms in total. The molecule has 0 fully saturated rings. The van der Waals surface area contributed by atoms with Crippen LogP contribution in [0, 0.1) is 0 Å². The second kappa shape index (κ2) is 8.42. The SMILES string of the molecule is CSCC(CCO)NCc1csc(-c2ccccc2)n1. The van der Waals surface area contributed by atoms with Gasteiger partial charge in [0.05, 0.1) is 5.69 Å². The maximum atomic E-state index is 9.05. The van der Waals surface area contributed by atoms with E-state index in [0.717, 1.165) is 29.4 Å². The molecule has 0 aliphatic carbocycles. The summed E-state index contributed by atoms with van der Waals surface area (Å²) in [7, 11) is 0. The standard InChI is InChI=1S/C15H20N2OS2/c1-19-10-13(7-8-18)16-9-14-11-20-15(17-14)12-5-3-2-4-6-12/h2-6,11,13,16,18H,7-10H2,1H3. The molecular formula is C15H20N2OS2. The van der Waals surface area contributed by atoms with E-state index in [2.05, 4.69) is 34.1 Å². The summed E-state index contributed by atoms with van der Waals surface area (Å²) >= 11 is 3.47. The Balaban J connectivity index is 1.92. The van der Waals surface area contributed by atoms with Gasteiger partial charge >= 0.3 is 0 Å². The van der Waals surface area contributed by atoms with Gasteiger partial charge in [-0.15, -0.1) is 11.3 Å². The summed E-state index contributed by atoms with van der Waals surface area (Å²) in [5, 5.41) is 15.7. The molecule has 0 spiro atoms. The fourth-order valence-electron chi connectivity index (χ4n) is 1.95. The molecule has 0 aliphatic heterocycles. The monoisotopic (exact) mass is 308 g/mol. The van der Waals surface area contributed by atoms with Crippen LogP contribution in [0.1, 0.15) is 12.1 Å². The Hall–Kier alpha value is -0.880. The molecule has 2 rings (SSSR count). The van der Waals surface area contributed by atoms with Crippen LogP contribution >= 0.6 is 23.1 Å². The molecule has 0 saturated carbocycles. The molecule has 0 saturated heterocycles. The number of benzene rings is 1. The predicted molar refractivity (Wildman–Crippen MR) is 88.3 cm³/mol. The third-order valence-corrected chi connectivity index (χ3v) is 4.67. The quantitative estimate of drug-likeness (QED) is 0.787. The Labute approximate surface area is 128 Å². The van der Waals surface area contributed by atoms with Crippen molar-refractivity contribution in [3.8, 4) is 10.6 Å². The minimum Gasteiger partial charge on any atom is -0.396 e. The molecule has 2 N–H and O–H groups in total. The summed E-state index contributed by atoms with van der Waals surface area (Å²) in [6.45, 7) is 0.985. The van der Waals surface area contributed by atoms with Gasteiger partial charge in [0.25, 0.3) is 0 Å². The summed E-state index contributed by atoms with van der Waals surface area (Å²) in [6, 6.07) is 10.6. The number of aromatic nitrogens is 1. The topological polar surface area (TPSA) is 45.1 Å². The number of nitrogens with one attached hydrogen (secondary N) is 1. The lowest BCUT2D eigenvalue weighted by molar-refractivity contribution is 0.269. The number of hydrogen-bond acceptors (Lipinski definition) is 5. The molecule has 0 aliphatic rings. The largest absolute Gasteiger partial charge is 0.396 e. The van der Waals surface area contributed by atoms with Crippen LogP contribution in [0.25, 0.3) is 10.6 Å². The van der Waals surface area contributed by atoms with Crippen molar-refractivity contribution in [2.75, 3.05) is 18.6 Å². The third-order valence-electron chi connectivity index (χ3n) is 2.99. The number of aliphatic hydroxyl groups excluding tert-OH is 1. The third kappa shape index (κ3) is 4.59. The van der Waals surface area contributed by atoms with Crippen molar-refractivity contribution < 1.29 is 5.11 Å². The van der Waals surface area contributed by atoms with Gasteiger partial charge in [-0.3, -0.25) is 0 Å². The van der Waals surface area contributed by atoms with Crippen molar-refractivity contribution >= 4 is 23.1 Å². The first-order valence-corrected chi connectivity index (χ1v) is 8.94. The highest BCUT2D eigenvalue weighted by atomic mass is 32.2. The van der Waals surface area contributed by atoms with E-state index in [-0.39, 0.29) is 6.61 Å². The van der Waals surface area contributed by atoms with Gasteiger partial charge in [-0.25, -0.2) is 4.98 Å². The van der Waals surface area contributed by atoms with Gasteiger partial charge in [-0.05, 0) is 12.7 Å². The van der Waals surface area contributed by atoms with Crippen molar-refractivity contribution in [3.63, 3.8) is 0 Å². The summed E-state index contributed by atoms with van der Waals surface area (Å²) in [5.74, 6) is 1.01. The Morgan fingerprint density at radius 3 is 2.85 bits per heavy atom. The molecule has 1 atom stereocenters. The first-order valence-electron chi connectivity index (χ1n) is 6.66. The lowest BCUT2D eigenvalue weighted by Gasteiger charge is -2.15. The smallest absolute Gasteiger partial charge is 0.123 e. The second-order valence-corrected chi connectivity index (χ2v) is 6.32. The lowest BCUT2D eigenvalue weighted by Crippen LogP contribution is -2.31. The lowest BCUT2D eigenvalue weighted by atomic mass is 10.2. The zero-order valence-electron chi connectivity index (χ0n) is 11.6. The molecule has 5 heteroatoms. The molecule has 0 amide bonds. The molecule has 2 aromatic rings. The second-order valence-electron chi connectivity index (χ2n) is 4.56. The minimum atomic E-state index is 0.227. The number of hydrogen-bond donors (Lipinski definition) is 2. The van der Waals surface area contributed by atoms with Crippen molar-refractivity contribution in [2.45, 2.75) is 19.0 Å².